The highest BCUT2D eigenvalue weighted by molar-refractivity contribution is 6.31. The number of halogens is 1. The standard InChI is InChI=1S/C18H12ClN3O3/c19-11-5-6-15-14(9-11)16(23)21(10-20-15)7-8-22-17(24)12-3-1-2-4-13(12)18(22)25/h1-6,9-10H,7-8H2. The third-order valence-electron chi connectivity index (χ3n) is 4.23. The molecule has 2 aromatic carbocycles. The van der Waals surface area contributed by atoms with Gasteiger partial charge in [0.15, 0.2) is 0 Å². The Morgan fingerprint density at radius 1 is 0.920 bits per heavy atom. The number of fused-ring (bicyclic) bond motifs is 2. The van der Waals surface area contributed by atoms with Gasteiger partial charge < -0.3 is 0 Å². The van der Waals surface area contributed by atoms with Crippen molar-refractivity contribution in [2.75, 3.05) is 6.54 Å². The minimum Gasteiger partial charge on any atom is -0.297 e. The van der Waals surface area contributed by atoms with E-state index in [1.54, 1.807) is 42.5 Å². The molecule has 3 aromatic rings. The molecule has 0 saturated heterocycles. The van der Waals surface area contributed by atoms with Gasteiger partial charge in [0.05, 0.1) is 28.4 Å². The molecule has 7 heteroatoms. The number of rotatable bonds is 3. The molecule has 1 aromatic heterocycles. The molecule has 0 atom stereocenters. The second-order valence-corrected chi connectivity index (χ2v) is 6.15. The molecule has 0 radical (unpaired) electrons. The van der Waals surface area contributed by atoms with Crippen LogP contribution >= 0.6 is 11.6 Å². The van der Waals surface area contributed by atoms with Gasteiger partial charge in [-0.05, 0) is 30.3 Å². The van der Waals surface area contributed by atoms with Gasteiger partial charge in [-0.1, -0.05) is 23.7 Å². The largest absolute Gasteiger partial charge is 0.297 e. The van der Waals surface area contributed by atoms with E-state index in [1.807, 2.05) is 0 Å². The van der Waals surface area contributed by atoms with Crippen LogP contribution in [-0.2, 0) is 6.54 Å². The van der Waals surface area contributed by atoms with E-state index in [0.717, 1.165) is 4.90 Å². The van der Waals surface area contributed by atoms with Crippen LogP contribution in [0.1, 0.15) is 20.7 Å². The van der Waals surface area contributed by atoms with Crippen LogP contribution in [0.5, 0.6) is 0 Å². The Kier molecular flexibility index (Phi) is 3.62. The summed E-state index contributed by atoms with van der Waals surface area (Å²) in [4.78, 5) is 42.6. The first-order chi connectivity index (χ1) is 12.1. The molecule has 0 unspecified atom stereocenters. The van der Waals surface area contributed by atoms with E-state index in [2.05, 4.69) is 4.98 Å². The monoisotopic (exact) mass is 353 g/mol. The number of carbonyl (C=O) groups is 2. The lowest BCUT2D eigenvalue weighted by atomic mass is 10.1. The van der Waals surface area contributed by atoms with Crippen LogP contribution in [0.15, 0.2) is 53.6 Å². The van der Waals surface area contributed by atoms with E-state index in [1.165, 1.54) is 10.9 Å². The van der Waals surface area contributed by atoms with Crippen molar-refractivity contribution in [3.05, 3.63) is 75.3 Å². The molecule has 0 fully saturated rings. The van der Waals surface area contributed by atoms with Crippen molar-refractivity contribution in [1.29, 1.82) is 0 Å². The number of amides is 2. The summed E-state index contributed by atoms with van der Waals surface area (Å²) in [5.41, 5.74) is 1.07. The molecule has 0 N–H and O–H groups in total. The highest BCUT2D eigenvalue weighted by Gasteiger charge is 2.34. The van der Waals surface area contributed by atoms with Gasteiger partial charge in [-0.25, -0.2) is 4.98 Å². The Morgan fingerprint density at radius 2 is 1.60 bits per heavy atom. The SMILES string of the molecule is O=C1c2ccccc2C(=O)N1CCn1cnc2ccc(Cl)cc2c1=O. The number of imide groups is 1. The van der Waals surface area contributed by atoms with Crippen LogP contribution in [0.2, 0.25) is 5.02 Å². The van der Waals surface area contributed by atoms with E-state index in [0.29, 0.717) is 27.1 Å². The fourth-order valence-electron chi connectivity index (χ4n) is 2.94. The van der Waals surface area contributed by atoms with Crippen LogP contribution < -0.4 is 5.56 Å². The Labute approximate surface area is 147 Å². The summed E-state index contributed by atoms with van der Waals surface area (Å²) in [6.45, 7) is 0.264. The molecule has 0 bridgehead atoms. The molecule has 6 nitrogen and oxygen atoms in total. The Hall–Kier alpha value is -2.99. The summed E-state index contributed by atoms with van der Waals surface area (Å²) < 4.78 is 1.38. The molecule has 0 spiro atoms. The molecular formula is C18H12ClN3O3. The number of hydrogen-bond acceptors (Lipinski definition) is 4. The lowest BCUT2D eigenvalue weighted by Crippen LogP contribution is -2.35. The van der Waals surface area contributed by atoms with Crippen LogP contribution in [0, 0.1) is 0 Å². The average Bonchev–Trinajstić information content (AvgIpc) is 2.86. The van der Waals surface area contributed by atoms with Gasteiger partial charge in [0, 0.05) is 18.1 Å². The maximum atomic E-state index is 12.5. The van der Waals surface area contributed by atoms with Crippen molar-refractivity contribution >= 4 is 34.3 Å². The normalized spacial score (nSPS) is 13.6. The van der Waals surface area contributed by atoms with E-state index in [9.17, 15) is 14.4 Å². The number of benzene rings is 2. The summed E-state index contributed by atoms with van der Waals surface area (Å²) in [5.74, 6) is -0.684. The van der Waals surface area contributed by atoms with Crippen molar-refractivity contribution in [2.24, 2.45) is 0 Å². The third-order valence-corrected chi connectivity index (χ3v) is 4.46. The zero-order valence-electron chi connectivity index (χ0n) is 13.0. The van der Waals surface area contributed by atoms with Gasteiger partial charge >= 0.3 is 0 Å². The summed E-state index contributed by atoms with van der Waals surface area (Å²) >= 11 is 5.94. The zero-order chi connectivity index (χ0) is 17.6. The molecule has 25 heavy (non-hydrogen) atoms. The molecule has 2 heterocycles. The molecule has 0 saturated carbocycles. The van der Waals surface area contributed by atoms with Crippen molar-refractivity contribution < 1.29 is 9.59 Å². The molecule has 2 amide bonds. The molecule has 0 aliphatic carbocycles. The van der Waals surface area contributed by atoms with Gasteiger partial charge in [0.1, 0.15) is 0 Å². The second kappa shape index (κ2) is 5.82. The summed E-state index contributed by atoms with van der Waals surface area (Å²) in [6.07, 6.45) is 1.41. The number of nitrogens with zero attached hydrogens (tertiary/aromatic N) is 3. The fraction of sp³-hybridized carbons (Fsp3) is 0.111. The zero-order valence-corrected chi connectivity index (χ0v) is 13.7. The maximum absolute atomic E-state index is 12.5. The smallest absolute Gasteiger partial charge is 0.261 e. The van der Waals surface area contributed by atoms with E-state index in [4.69, 9.17) is 11.6 Å². The van der Waals surface area contributed by atoms with Crippen LogP contribution in [-0.4, -0.2) is 32.8 Å². The number of aromatic nitrogens is 2. The summed E-state index contributed by atoms with van der Waals surface area (Å²) in [5, 5.41) is 0.849. The Morgan fingerprint density at radius 3 is 2.28 bits per heavy atom. The first-order valence-electron chi connectivity index (χ1n) is 7.66. The molecular weight excluding hydrogens is 342 g/mol. The van der Waals surface area contributed by atoms with Crippen molar-refractivity contribution in [3.63, 3.8) is 0 Å². The molecule has 1 aliphatic rings. The van der Waals surface area contributed by atoms with Gasteiger partial charge in [-0.3, -0.25) is 23.9 Å². The average molecular weight is 354 g/mol. The van der Waals surface area contributed by atoms with Gasteiger partial charge in [0.2, 0.25) is 0 Å². The molecule has 124 valence electrons. The lowest BCUT2D eigenvalue weighted by Gasteiger charge is -2.14. The minimum absolute atomic E-state index is 0.0972. The minimum atomic E-state index is -0.342. The lowest BCUT2D eigenvalue weighted by molar-refractivity contribution is 0.0648. The van der Waals surface area contributed by atoms with Crippen molar-refractivity contribution in [3.8, 4) is 0 Å². The quantitative estimate of drug-likeness (QED) is 0.677. The highest BCUT2D eigenvalue weighted by Crippen LogP contribution is 2.22. The number of hydrogen-bond donors (Lipinski definition) is 0. The van der Waals surface area contributed by atoms with E-state index >= 15 is 0 Å². The molecule has 1 aliphatic heterocycles. The maximum Gasteiger partial charge on any atom is 0.261 e. The Balaban J connectivity index is 1.62. The topological polar surface area (TPSA) is 72.3 Å². The fourth-order valence-corrected chi connectivity index (χ4v) is 3.11. The predicted octanol–water partition coefficient (Wildman–Crippen LogP) is 2.35. The highest BCUT2D eigenvalue weighted by atomic mass is 35.5. The van der Waals surface area contributed by atoms with Gasteiger partial charge in [-0.2, -0.15) is 0 Å². The van der Waals surface area contributed by atoms with Gasteiger partial charge in [-0.15, -0.1) is 0 Å². The summed E-state index contributed by atoms with van der Waals surface area (Å²) in [7, 11) is 0. The van der Waals surface area contributed by atoms with E-state index in [-0.39, 0.29) is 30.5 Å². The number of carbonyl (C=O) groups excluding carboxylic acids is 2. The molecule has 4 rings (SSSR count). The summed E-state index contributed by atoms with van der Waals surface area (Å²) in [6, 6.07) is 11.6. The van der Waals surface area contributed by atoms with Gasteiger partial charge in [0.25, 0.3) is 17.4 Å². The predicted molar refractivity (Wildman–Crippen MR) is 92.8 cm³/mol. The van der Waals surface area contributed by atoms with Crippen LogP contribution in [0.3, 0.4) is 0 Å². The first-order valence-corrected chi connectivity index (χ1v) is 8.04. The van der Waals surface area contributed by atoms with Crippen molar-refractivity contribution in [2.45, 2.75) is 6.54 Å². The van der Waals surface area contributed by atoms with Crippen molar-refractivity contribution in [1.82, 2.24) is 14.5 Å². The second-order valence-electron chi connectivity index (χ2n) is 5.71. The third kappa shape index (κ3) is 2.51. The first kappa shape index (κ1) is 15.5. The van der Waals surface area contributed by atoms with Crippen LogP contribution in [0.4, 0.5) is 0 Å². The van der Waals surface area contributed by atoms with E-state index < -0.39 is 0 Å². The Bertz CT molecular complexity index is 1060. The van der Waals surface area contributed by atoms with Crippen LogP contribution in [0.25, 0.3) is 10.9 Å².